The second kappa shape index (κ2) is 8.84. The number of carbonyl (C=O) groups excluding carboxylic acids is 1. The highest BCUT2D eigenvalue weighted by atomic mass is 35.5. The average Bonchev–Trinajstić information content (AvgIpc) is 2.69. The van der Waals surface area contributed by atoms with Crippen LogP contribution >= 0.6 is 23.2 Å². The van der Waals surface area contributed by atoms with Gasteiger partial charge in [-0.05, 0) is 35.9 Å². The fourth-order valence-corrected chi connectivity index (χ4v) is 2.81. The Hall–Kier alpha value is -3.25. The zero-order valence-corrected chi connectivity index (χ0v) is 16.2. The molecule has 0 fully saturated rings. The van der Waals surface area contributed by atoms with E-state index >= 15 is 0 Å². The number of aromatic amines is 1. The minimum atomic E-state index is -1.40. The number of hydrogen-bond acceptors (Lipinski definition) is 6. The third-order valence-electron chi connectivity index (χ3n) is 3.88. The van der Waals surface area contributed by atoms with Crippen molar-refractivity contribution in [1.82, 2.24) is 15.4 Å². The minimum Gasteiger partial charge on any atom is -0.382 e. The van der Waals surface area contributed by atoms with E-state index in [1.165, 1.54) is 6.07 Å². The van der Waals surface area contributed by atoms with E-state index in [1.54, 1.807) is 42.5 Å². The van der Waals surface area contributed by atoms with Gasteiger partial charge in [-0.25, -0.2) is 10.4 Å². The first-order valence-corrected chi connectivity index (χ1v) is 9.01. The van der Waals surface area contributed by atoms with Crippen molar-refractivity contribution in [3.8, 4) is 6.07 Å². The van der Waals surface area contributed by atoms with Crippen molar-refractivity contribution in [3.05, 3.63) is 74.1 Å². The highest BCUT2D eigenvalue weighted by Crippen LogP contribution is 2.21. The second-order valence-corrected chi connectivity index (χ2v) is 6.77. The molecule has 3 rings (SSSR count). The summed E-state index contributed by atoms with van der Waals surface area (Å²) in [5.74, 6) is -0.697. The van der Waals surface area contributed by atoms with E-state index in [9.17, 15) is 14.7 Å². The summed E-state index contributed by atoms with van der Waals surface area (Å²) in [4.78, 5) is 31.2. The Balaban J connectivity index is 2.11. The van der Waals surface area contributed by atoms with Crippen LogP contribution in [0.1, 0.15) is 23.8 Å². The number of aliphatic hydroxyl groups excluding tert-OH is 1. The fraction of sp³-hybridized carbons (Fsp3) is 0.105. The molecule has 8 nitrogen and oxygen atoms in total. The quantitative estimate of drug-likeness (QED) is 0.423. The molecule has 0 aliphatic rings. The molecule has 29 heavy (non-hydrogen) atoms. The van der Waals surface area contributed by atoms with E-state index < -0.39 is 24.0 Å². The molecule has 1 atom stereocenters. The van der Waals surface area contributed by atoms with Gasteiger partial charge in [-0.15, -0.1) is 0 Å². The third-order valence-corrected chi connectivity index (χ3v) is 4.37. The van der Waals surface area contributed by atoms with Crippen LogP contribution in [-0.2, 0) is 4.79 Å². The third kappa shape index (κ3) is 4.78. The van der Waals surface area contributed by atoms with Crippen molar-refractivity contribution in [2.24, 2.45) is 5.10 Å². The Morgan fingerprint density at radius 1 is 1.24 bits per heavy atom. The van der Waals surface area contributed by atoms with E-state index in [2.05, 4.69) is 20.5 Å². The van der Waals surface area contributed by atoms with Gasteiger partial charge in [-0.2, -0.15) is 10.4 Å². The van der Waals surface area contributed by atoms with Gasteiger partial charge in [0, 0.05) is 10.0 Å². The van der Waals surface area contributed by atoms with Gasteiger partial charge in [0.05, 0.1) is 17.1 Å². The average molecular weight is 430 g/mol. The maximum absolute atomic E-state index is 12.6. The lowest BCUT2D eigenvalue weighted by Gasteiger charge is -2.14. The summed E-state index contributed by atoms with van der Waals surface area (Å²) in [5.41, 5.74) is 2.31. The number of amides is 1. The van der Waals surface area contributed by atoms with E-state index in [1.807, 2.05) is 0 Å². The van der Waals surface area contributed by atoms with Crippen LogP contribution in [0.25, 0.3) is 11.0 Å². The molecule has 0 saturated heterocycles. The second-order valence-electron chi connectivity index (χ2n) is 5.90. The molecule has 10 heteroatoms. The lowest BCUT2D eigenvalue weighted by molar-refractivity contribution is -0.120. The zero-order chi connectivity index (χ0) is 21.0. The first kappa shape index (κ1) is 20.5. The standard InChI is InChI=1S/C19H13Cl2N5O3/c20-11-3-1-10(2-4-11)18(28)16(26-25-15(27)7-8-22)17-19(29)24-14-9-12(21)5-6-13(14)23-17/h1-6,9,18,28H,7H2,(H,24,29)(H,25,27)/b26-16+. The van der Waals surface area contributed by atoms with Gasteiger partial charge in [-0.1, -0.05) is 35.3 Å². The van der Waals surface area contributed by atoms with Crippen LogP contribution in [0.15, 0.2) is 52.4 Å². The molecule has 3 aromatic rings. The predicted molar refractivity (Wildman–Crippen MR) is 109 cm³/mol. The number of hydrogen-bond donors (Lipinski definition) is 3. The van der Waals surface area contributed by atoms with Crippen LogP contribution in [0.2, 0.25) is 10.0 Å². The normalized spacial score (nSPS) is 12.4. The number of hydrazone groups is 1. The topological polar surface area (TPSA) is 131 Å². The molecule has 1 unspecified atom stereocenters. The molecule has 1 heterocycles. The summed E-state index contributed by atoms with van der Waals surface area (Å²) in [7, 11) is 0. The zero-order valence-electron chi connectivity index (χ0n) is 14.7. The van der Waals surface area contributed by atoms with Gasteiger partial charge in [0.2, 0.25) is 0 Å². The van der Waals surface area contributed by atoms with Crippen LogP contribution in [0.4, 0.5) is 0 Å². The number of aliphatic hydroxyl groups is 1. The lowest BCUT2D eigenvalue weighted by Crippen LogP contribution is -2.29. The Morgan fingerprint density at radius 2 is 1.93 bits per heavy atom. The van der Waals surface area contributed by atoms with Crippen molar-refractivity contribution in [3.63, 3.8) is 0 Å². The van der Waals surface area contributed by atoms with E-state index in [4.69, 9.17) is 28.5 Å². The van der Waals surface area contributed by atoms with Crippen LogP contribution in [0.3, 0.4) is 0 Å². The number of carbonyl (C=O) groups is 1. The molecular weight excluding hydrogens is 417 g/mol. The summed E-state index contributed by atoms with van der Waals surface area (Å²) >= 11 is 11.8. The highest BCUT2D eigenvalue weighted by molar-refractivity contribution is 6.31. The molecule has 0 aliphatic heterocycles. The summed E-state index contributed by atoms with van der Waals surface area (Å²) in [6.45, 7) is 0. The Kier molecular flexibility index (Phi) is 6.24. The van der Waals surface area contributed by atoms with Crippen LogP contribution in [0, 0.1) is 11.3 Å². The van der Waals surface area contributed by atoms with Crippen molar-refractivity contribution < 1.29 is 9.90 Å². The number of benzene rings is 2. The lowest BCUT2D eigenvalue weighted by atomic mass is 10.0. The van der Waals surface area contributed by atoms with Gasteiger partial charge in [0.15, 0.2) is 5.69 Å². The number of nitrogens with zero attached hydrogens (tertiary/aromatic N) is 3. The smallest absolute Gasteiger partial charge is 0.276 e. The Labute approximate surface area is 174 Å². The van der Waals surface area contributed by atoms with Gasteiger partial charge < -0.3 is 10.1 Å². The molecule has 1 aromatic heterocycles. The fourth-order valence-electron chi connectivity index (χ4n) is 2.51. The summed E-state index contributed by atoms with van der Waals surface area (Å²) < 4.78 is 0. The number of halogens is 2. The monoisotopic (exact) mass is 429 g/mol. The van der Waals surface area contributed by atoms with E-state index in [-0.39, 0.29) is 11.4 Å². The van der Waals surface area contributed by atoms with Gasteiger partial charge in [0.25, 0.3) is 11.5 Å². The number of H-pyrrole nitrogens is 1. The van der Waals surface area contributed by atoms with Gasteiger partial charge in [-0.3, -0.25) is 9.59 Å². The molecule has 0 saturated carbocycles. The van der Waals surface area contributed by atoms with Crippen LogP contribution < -0.4 is 11.0 Å². The van der Waals surface area contributed by atoms with Crippen molar-refractivity contribution >= 4 is 45.9 Å². The maximum atomic E-state index is 12.6. The number of nitriles is 1. The molecule has 0 spiro atoms. The van der Waals surface area contributed by atoms with Crippen molar-refractivity contribution in [1.29, 1.82) is 5.26 Å². The first-order chi connectivity index (χ1) is 13.9. The van der Waals surface area contributed by atoms with Crippen molar-refractivity contribution in [2.45, 2.75) is 12.5 Å². The van der Waals surface area contributed by atoms with Crippen LogP contribution in [-0.4, -0.2) is 26.7 Å². The molecule has 0 bridgehead atoms. The van der Waals surface area contributed by atoms with E-state index in [0.29, 0.717) is 26.6 Å². The predicted octanol–water partition coefficient (Wildman–Crippen LogP) is 2.70. The summed E-state index contributed by atoms with van der Waals surface area (Å²) in [6, 6.07) is 12.6. The highest BCUT2D eigenvalue weighted by Gasteiger charge is 2.23. The molecule has 2 aromatic carbocycles. The van der Waals surface area contributed by atoms with Gasteiger partial charge >= 0.3 is 0 Å². The van der Waals surface area contributed by atoms with Crippen LogP contribution in [0.5, 0.6) is 0 Å². The number of rotatable bonds is 5. The largest absolute Gasteiger partial charge is 0.382 e. The molecule has 0 radical (unpaired) electrons. The molecule has 1 amide bonds. The molecule has 0 aliphatic carbocycles. The number of aromatic nitrogens is 2. The minimum absolute atomic E-state index is 0.195. The summed E-state index contributed by atoms with van der Waals surface area (Å²) in [5, 5.41) is 24.2. The van der Waals surface area contributed by atoms with Gasteiger partial charge in [0.1, 0.15) is 18.2 Å². The Bertz CT molecular complexity index is 1200. The molecule has 3 N–H and O–H groups in total. The molecular formula is C19H13Cl2N5O3. The first-order valence-electron chi connectivity index (χ1n) is 8.26. The van der Waals surface area contributed by atoms with E-state index in [0.717, 1.165) is 0 Å². The SMILES string of the molecule is N#CCC(=O)N/N=C(\c1nc2ccc(Cl)cc2[nH]c1=O)C(O)c1ccc(Cl)cc1. The van der Waals surface area contributed by atoms with Crippen molar-refractivity contribution in [2.75, 3.05) is 0 Å². The number of nitrogens with one attached hydrogen (secondary N) is 2. The number of fused-ring (bicyclic) bond motifs is 1. The Morgan fingerprint density at radius 3 is 2.62 bits per heavy atom. The summed E-state index contributed by atoms with van der Waals surface area (Å²) in [6.07, 6.45) is -1.83. The molecule has 146 valence electrons. The maximum Gasteiger partial charge on any atom is 0.276 e.